The van der Waals surface area contributed by atoms with Gasteiger partial charge in [0.15, 0.2) is 0 Å². The van der Waals surface area contributed by atoms with Crippen molar-refractivity contribution in [1.29, 1.82) is 0 Å². The standard InChI is InChI=1S/C20H28O2/c1-5-6-7-8-15-11-18(21)20(19(22)12-15)17-10-14(4)9-16(17)13(2)3/h9,11-12,16-17,21-22H,2,5-8,10H2,1,3-4H3. The molecule has 0 heterocycles. The van der Waals surface area contributed by atoms with Gasteiger partial charge < -0.3 is 10.2 Å². The number of unbranched alkanes of at least 4 members (excludes halogenated alkanes) is 2. The van der Waals surface area contributed by atoms with E-state index in [1.165, 1.54) is 18.4 Å². The first-order chi connectivity index (χ1) is 10.4. The highest BCUT2D eigenvalue weighted by atomic mass is 16.3. The van der Waals surface area contributed by atoms with E-state index in [1.807, 2.05) is 19.1 Å². The monoisotopic (exact) mass is 300 g/mol. The average Bonchev–Trinajstić information content (AvgIpc) is 2.80. The van der Waals surface area contributed by atoms with Crippen LogP contribution in [0.5, 0.6) is 11.5 Å². The van der Waals surface area contributed by atoms with Gasteiger partial charge in [0.05, 0.1) is 0 Å². The van der Waals surface area contributed by atoms with E-state index in [2.05, 4.69) is 26.5 Å². The van der Waals surface area contributed by atoms with Crippen LogP contribution < -0.4 is 0 Å². The summed E-state index contributed by atoms with van der Waals surface area (Å²) >= 11 is 0. The van der Waals surface area contributed by atoms with Crippen LogP contribution in [0.1, 0.15) is 63.5 Å². The Kier molecular flexibility index (Phi) is 5.33. The maximum absolute atomic E-state index is 10.5. The van der Waals surface area contributed by atoms with Crippen LogP contribution in [0.15, 0.2) is 35.9 Å². The maximum atomic E-state index is 10.5. The third kappa shape index (κ3) is 3.55. The zero-order valence-corrected chi connectivity index (χ0v) is 14.0. The first kappa shape index (κ1) is 16.7. The highest BCUT2D eigenvalue weighted by molar-refractivity contribution is 5.51. The van der Waals surface area contributed by atoms with Crippen molar-refractivity contribution in [1.82, 2.24) is 0 Å². The van der Waals surface area contributed by atoms with E-state index in [-0.39, 0.29) is 23.3 Å². The lowest BCUT2D eigenvalue weighted by atomic mass is 9.83. The molecule has 2 nitrogen and oxygen atoms in total. The lowest BCUT2D eigenvalue weighted by Gasteiger charge is -2.22. The van der Waals surface area contributed by atoms with E-state index < -0.39 is 0 Å². The molecular formula is C20H28O2. The highest BCUT2D eigenvalue weighted by Gasteiger charge is 2.31. The molecule has 0 amide bonds. The summed E-state index contributed by atoms with van der Waals surface area (Å²) in [5.74, 6) is 0.752. The molecule has 0 fully saturated rings. The molecule has 120 valence electrons. The Morgan fingerprint density at radius 1 is 1.23 bits per heavy atom. The van der Waals surface area contributed by atoms with Crippen molar-refractivity contribution in [2.75, 3.05) is 0 Å². The molecule has 2 unspecified atom stereocenters. The summed E-state index contributed by atoms with van der Waals surface area (Å²) in [6.45, 7) is 10.4. The topological polar surface area (TPSA) is 40.5 Å². The predicted molar refractivity (Wildman–Crippen MR) is 92.4 cm³/mol. The van der Waals surface area contributed by atoms with Gasteiger partial charge in [0.1, 0.15) is 11.5 Å². The van der Waals surface area contributed by atoms with Crippen molar-refractivity contribution in [3.8, 4) is 11.5 Å². The van der Waals surface area contributed by atoms with Crippen molar-refractivity contribution in [2.45, 2.75) is 58.8 Å². The Labute approximate surface area is 134 Å². The van der Waals surface area contributed by atoms with Crippen molar-refractivity contribution in [3.63, 3.8) is 0 Å². The molecular weight excluding hydrogens is 272 g/mol. The quantitative estimate of drug-likeness (QED) is 0.541. The summed E-state index contributed by atoms with van der Waals surface area (Å²) in [6, 6.07) is 3.65. The second-order valence-electron chi connectivity index (χ2n) is 6.70. The van der Waals surface area contributed by atoms with Crippen LogP contribution in [-0.4, -0.2) is 10.2 Å². The Morgan fingerprint density at radius 3 is 2.41 bits per heavy atom. The number of hydrogen-bond acceptors (Lipinski definition) is 2. The van der Waals surface area contributed by atoms with Crippen LogP contribution in [0.3, 0.4) is 0 Å². The number of rotatable bonds is 6. The molecule has 1 aromatic rings. The molecule has 2 heteroatoms. The molecule has 2 N–H and O–H groups in total. The fraction of sp³-hybridized carbons (Fsp3) is 0.500. The minimum Gasteiger partial charge on any atom is -0.508 e. The van der Waals surface area contributed by atoms with E-state index in [1.54, 1.807) is 0 Å². The number of hydrogen-bond donors (Lipinski definition) is 2. The van der Waals surface area contributed by atoms with Crippen LogP contribution in [0.2, 0.25) is 0 Å². The molecule has 0 bridgehead atoms. The summed E-state index contributed by atoms with van der Waals surface area (Å²) in [5, 5.41) is 20.9. The molecule has 0 saturated heterocycles. The van der Waals surface area contributed by atoms with E-state index >= 15 is 0 Å². The van der Waals surface area contributed by atoms with E-state index in [4.69, 9.17) is 0 Å². The highest BCUT2D eigenvalue weighted by Crippen LogP contribution is 2.48. The number of benzene rings is 1. The Bertz CT molecular complexity index is 560. The zero-order valence-electron chi connectivity index (χ0n) is 14.0. The van der Waals surface area contributed by atoms with Crippen molar-refractivity contribution in [3.05, 3.63) is 47.1 Å². The number of phenols is 2. The lowest BCUT2D eigenvalue weighted by molar-refractivity contribution is 0.419. The zero-order chi connectivity index (χ0) is 16.3. The smallest absolute Gasteiger partial charge is 0.123 e. The van der Waals surface area contributed by atoms with E-state index in [9.17, 15) is 10.2 Å². The predicted octanol–water partition coefficient (Wildman–Crippen LogP) is 5.46. The number of phenolic OH excluding ortho intramolecular Hbond substituents is 2. The Hall–Kier alpha value is -1.70. The van der Waals surface area contributed by atoms with Crippen molar-refractivity contribution >= 4 is 0 Å². The Morgan fingerprint density at radius 2 is 1.86 bits per heavy atom. The van der Waals surface area contributed by atoms with Gasteiger partial charge in [-0.15, -0.1) is 0 Å². The minimum atomic E-state index is 0.0993. The molecule has 2 atom stereocenters. The van der Waals surface area contributed by atoms with Gasteiger partial charge in [-0.1, -0.05) is 43.6 Å². The van der Waals surface area contributed by atoms with Crippen molar-refractivity contribution in [2.24, 2.45) is 5.92 Å². The number of allylic oxidation sites excluding steroid dienone is 3. The van der Waals surface area contributed by atoms with Crippen LogP contribution in [0, 0.1) is 5.92 Å². The van der Waals surface area contributed by atoms with E-state index in [0.29, 0.717) is 5.56 Å². The van der Waals surface area contributed by atoms with Gasteiger partial charge in [0.2, 0.25) is 0 Å². The molecule has 1 aliphatic rings. The second-order valence-corrected chi connectivity index (χ2v) is 6.70. The summed E-state index contributed by atoms with van der Waals surface area (Å²) in [6.07, 6.45) is 7.42. The largest absolute Gasteiger partial charge is 0.508 e. The third-order valence-corrected chi connectivity index (χ3v) is 4.64. The normalized spacial score (nSPS) is 21.0. The van der Waals surface area contributed by atoms with Gasteiger partial charge in [-0.3, -0.25) is 0 Å². The van der Waals surface area contributed by atoms with Gasteiger partial charge in [-0.25, -0.2) is 0 Å². The molecule has 0 spiro atoms. The first-order valence-corrected chi connectivity index (χ1v) is 8.31. The van der Waals surface area contributed by atoms with Gasteiger partial charge in [-0.2, -0.15) is 0 Å². The molecule has 1 aromatic carbocycles. The fourth-order valence-electron chi connectivity index (χ4n) is 3.51. The Balaban J connectivity index is 2.27. The minimum absolute atomic E-state index is 0.0993. The van der Waals surface area contributed by atoms with Crippen LogP contribution in [0.25, 0.3) is 0 Å². The summed E-state index contributed by atoms with van der Waals surface area (Å²) in [7, 11) is 0. The van der Waals surface area contributed by atoms with Crippen LogP contribution in [-0.2, 0) is 6.42 Å². The molecule has 0 saturated carbocycles. The summed E-state index contributed by atoms with van der Waals surface area (Å²) in [5.41, 5.74) is 4.07. The van der Waals surface area contributed by atoms with Crippen LogP contribution >= 0.6 is 0 Å². The van der Waals surface area contributed by atoms with Gasteiger partial charge in [0.25, 0.3) is 0 Å². The molecule has 22 heavy (non-hydrogen) atoms. The molecule has 0 aliphatic heterocycles. The maximum Gasteiger partial charge on any atom is 0.123 e. The van der Waals surface area contributed by atoms with Gasteiger partial charge >= 0.3 is 0 Å². The average molecular weight is 300 g/mol. The number of aryl methyl sites for hydroxylation is 1. The lowest BCUT2D eigenvalue weighted by Crippen LogP contribution is -2.08. The van der Waals surface area contributed by atoms with Gasteiger partial charge in [-0.05, 0) is 50.8 Å². The summed E-state index contributed by atoms with van der Waals surface area (Å²) in [4.78, 5) is 0. The molecule has 1 aliphatic carbocycles. The van der Waals surface area contributed by atoms with Crippen molar-refractivity contribution < 1.29 is 10.2 Å². The van der Waals surface area contributed by atoms with Crippen LogP contribution in [0.4, 0.5) is 0 Å². The molecule has 2 rings (SSSR count). The third-order valence-electron chi connectivity index (χ3n) is 4.64. The van der Waals surface area contributed by atoms with Gasteiger partial charge in [0, 0.05) is 17.4 Å². The summed E-state index contributed by atoms with van der Waals surface area (Å²) < 4.78 is 0. The SMILES string of the molecule is C=C(C)C1C=C(C)CC1c1c(O)cc(CCCCC)cc1O. The number of aromatic hydroxyl groups is 2. The second kappa shape index (κ2) is 7.04. The molecule has 0 aromatic heterocycles. The first-order valence-electron chi connectivity index (χ1n) is 8.31. The fourth-order valence-corrected chi connectivity index (χ4v) is 3.51. The van der Waals surface area contributed by atoms with E-state index in [0.717, 1.165) is 30.4 Å². The molecule has 0 radical (unpaired) electrons.